The maximum atomic E-state index is 11.1. The van der Waals surface area contributed by atoms with Gasteiger partial charge in [-0.25, -0.2) is 0 Å². The molecule has 0 radical (unpaired) electrons. The number of Topliss-reactive ketones (excluding diaryl/α,β-unsaturated/α-hetero) is 1. The quantitative estimate of drug-likeness (QED) is 0.323. The Hall–Kier alpha value is -0.370. The van der Waals surface area contributed by atoms with Crippen LogP contribution in [-0.2, 0) is 9.59 Å². The monoisotopic (exact) mass is 290 g/mol. The second-order valence-corrected chi connectivity index (χ2v) is 5.13. The zero-order valence-electron chi connectivity index (χ0n) is 12.5. The molecule has 0 aliphatic rings. The van der Waals surface area contributed by atoms with Gasteiger partial charge in [-0.05, 0) is 12.8 Å². The molecule has 0 aliphatic heterocycles. The second-order valence-electron chi connectivity index (χ2n) is 5.13. The van der Waals surface area contributed by atoms with E-state index in [0.29, 0.717) is 12.2 Å². The molecule has 0 aliphatic carbocycles. The fourth-order valence-electron chi connectivity index (χ4n) is 2.14. The Morgan fingerprint density at radius 1 is 0.789 bits per heavy atom. The Labute approximate surface area is 125 Å². The number of hydrogen-bond donors (Lipinski definition) is 0. The van der Waals surface area contributed by atoms with Gasteiger partial charge in [0.1, 0.15) is 12.1 Å². The lowest BCUT2D eigenvalue weighted by Gasteiger charge is -2.02. The lowest BCUT2D eigenvalue weighted by molar-refractivity contribution is -0.118. The molecular weight excluding hydrogens is 260 g/mol. The first-order valence-electron chi connectivity index (χ1n) is 7.76. The van der Waals surface area contributed by atoms with Gasteiger partial charge in [-0.3, -0.25) is 4.79 Å². The van der Waals surface area contributed by atoms with E-state index < -0.39 is 0 Å². The molecule has 0 aromatic heterocycles. The van der Waals surface area contributed by atoms with Gasteiger partial charge in [-0.1, -0.05) is 58.3 Å². The van der Waals surface area contributed by atoms with Crippen LogP contribution in [0.5, 0.6) is 0 Å². The molecule has 114 valence electrons. The summed E-state index contributed by atoms with van der Waals surface area (Å²) in [6, 6.07) is 0. The van der Waals surface area contributed by atoms with Gasteiger partial charge in [0.2, 0.25) is 0 Å². The Morgan fingerprint density at radius 2 is 1.21 bits per heavy atom. The maximum Gasteiger partial charge on any atom is 0.132 e. The molecule has 0 N–H and O–H groups in total. The lowest BCUT2D eigenvalue weighted by Crippen LogP contribution is -1.94. The van der Waals surface area contributed by atoms with Gasteiger partial charge >= 0.3 is 0 Å². The van der Waals surface area contributed by atoms with Gasteiger partial charge in [0.05, 0.1) is 0 Å². The summed E-state index contributed by atoms with van der Waals surface area (Å²) in [5.74, 6) is 0.408. The van der Waals surface area contributed by atoms with Gasteiger partial charge in [0.25, 0.3) is 0 Å². The molecule has 0 spiro atoms. The van der Waals surface area contributed by atoms with E-state index in [0.717, 1.165) is 32.0 Å². The lowest BCUT2D eigenvalue weighted by atomic mass is 10.0. The van der Waals surface area contributed by atoms with Crippen molar-refractivity contribution in [1.29, 1.82) is 0 Å². The van der Waals surface area contributed by atoms with Crippen LogP contribution in [0.2, 0.25) is 0 Å². The predicted octanol–water partition coefficient (Wildman–Crippen LogP) is 5.27. The van der Waals surface area contributed by atoms with Crippen LogP contribution in [0.1, 0.15) is 90.4 Å². The minimum Gasteiger partial charge on any atom is -0.303 e. The molecule has 0 heterocycles. The molecule has 0 rings (SSSR count). The van der Waals surface area contributed by atoms with E-state index in [1.807, 2.05) is 6.92 Å². The van der Waals surface area contributed by atoms with E-state index >= 15 is 0 Å². The number of rotatable bonds is 14. The van der Waals surface area contributed by atoms with Crippen LogP contribution in [0.15, 0.2) is 0 Å². The second kappa shape index (κ2) is 17.6. The highest BCUT2D eigenvalue weighted by atomic mass is 35.5. The third-order valence-electron chi connectivity index (χ3n) is 3.42. The Morgan fingerprint density at radius 3 is 1.63 bits per heavy atom. The smallest absolute Gasteiger partial charge is 0.132 e. The van der Waals surface area contributed by atoms with Crippen LogP contribution < -0.4 is 0 Å². The summed E-state index contributed by atoms with van der Waals surface area (Å²) < 4.78 is 0. The van der Waals surface area contributed by atoms with Crippen molar-refractivity contribution in [3.63, 3.8) is 0 Å². The molecule has 0 amide bonds. The van der Waals surface area contributed by atoms with Crippen molar-refractivity contribution < 1.29 is 9.59 Å². The first-order valence-corrected chi connectivity index (χ1v) is 7.76. The Bertz CT molecular complexity index is 205. The minimum atomic E-state index is 0. The van der Waals surface area contributed by atoms with E-state index in [9.17, 15) is 9.59 Å². The topological polar surface area (TPSA) is 34.1 Å². The Balaban J connectivity index is 0. The average Bonchev–Trinajstić information content (AvgIpc) is 2.39. The van der Waals surface area contributed by atoms with Crippen molar-refractivity contribution in [1.82, 2.24) is 0 Å². The number of hydrogen-bond acceptors (Lipinski definition) is 2. The van der Waals surface area contributed by atoms with Gasteiger partial charge in [0.15, 0.2) is 0 Å². The number of ketones is 1. The summed E-state index contributed by atoms with van der Waals surface area (Å²) >= 11 is 0. The van der Waals surface area contributed by atoms with Crippen molar-refractivity contribution in [2.75, 3.05) is 0 Å². The van der Waals surface area contributed by atoms with Gasteiger partial charge in [0, 0.05) is 19.3 Å². The highest BCUT2D eigenvalue weighted by molar-refractivity contribution is 5.85. The fraction of sp³-hybridized carbons (Fsp3) is 0.875. The zero-order valence-corrected chi connectivity index (χ0v) is 13.3. The molecule has 0 saturated heterocycles. The molecule has 0 unspecified atom stereocenters. The largest absolute Gasteiger partial charge is 0.303 e. The molecule has 0 saturated carbocycles. The van der Waals surface area contributed by atoms with Crippen LogP contribution in [0.4, 0.5) is 0 Å². The third kappa shape index (κ3) is 17.6. The highest BCUT2D eigenvalue weighted by Gasteiger charge is 1.97. The molecule has 2 nitrogen and oxygen atoms in total. The van der Waals surface area contributed by atoms with E-state index in [1.165, 1.54) is 51.4 Å². The number of carbonyl (C=O) groups is 2. The van der Waals surface area contributed by atoms with Crippen molar-refractivity contribution in [3.05, 3.63) is 0 Å². The van der Waals surface area contributed by atoms with Crippen LogP contribution in [-0.4, -0.2) is 12.1 Å². The van der Waals surface area contributed by atoms with E-state index in [-0.39, 0.29) is 12.4 Å². The summed E-state index contributed by atoms with van der Waals surface area (Å²) in [5.41, 5.74) is 0. The molecule has 0 fully saturated rings. The SMILES string of the molecule is CCC(=O)CCCCCCCCCCCCC=O.Cl. The van der Waals surface area contributed by atoms with E-state index in [4.69, 9.17) is 0 Å². The first-order chi connectivity index (χ1) is 8.81. The fourth-order valence-corrected chi connectivity index (χ4v) is 2.14. The molecule has 3 heteroatoms. The van der Waals surface area contributed by atoms with E-state index in [1.54, 1.807) is 0 Å². The molecule has 0 aromatic rings. The summed E-state index contributed by atoms with van der Waals surface area (Å²) in [6.45, 7) is 1.94. The number of aldehydes is 1. The standard InChI is InChI=1S/C16H30O2.ClH/c1-2-16(18)14-12-10-8-6-4-3-5-7-9-11-13-15-17;/h15H,2-14H2,1H3;1H. The summed E-state index contributed by atoms with van der Waals surface area (Å²) in [5, 5.41) is 0. The highest BCUT2D eigenvalue weighted by Crippen LogP contribution is 2.12. The molecule has 0 bridgehead atoms. The van der Waals surface area contributed by atoms with Crippen LogP contribution in [0, 0.1) is 0 Å². The van der Waals surface area contributed by atoms with Gasteiger partial charge in [-0.15, -0.1) is 12.4 Å². The number of carbonyl (C=O) groups excluding carboxylic acids is 2. The molecular formula is C16H31ClO2. The number of unbranched alkanes of at least 4 members (excludes halogenated alkanes) is 10. The van der Waals surface area contributed by atoms with Crippen LogP contribution in [0.25, 0.3) is 0 Å². The van der Waals surface area contributed by atoms with Crippen molar-refractivity contribution in [3.8, 4) is 0 Å². The average molecular weight is 291 g/mol. The number of halogens is 1. The molecule has 19 heavy (non-hydrogen) atoms. The van der Waals surface area contributed by atoms with Gasteiger partial charge in [-0.2, -0.15) is 0 Å². The predicted molar refractivity (Wildman–Crippen MR) is 84.0 cm³/mol. The summed E-state index contributed by atoms with van der Waals surface area (Å²) in [7, 11) is 0. The first kappa shape index (κ1) is 20.9. The van der Waals surface area contributed by atoms with Gasteiger partial charge < -0.3 is 4.79 Å². The van der Waals surface area contributed by atoms with Crippen molar-refractivity contribution in [2.24, 2.45) is 0 Å². The van der Waals surface area contributed by atoms with Crippen molar-refractivity contribution in [2.45, 2.75) is 90.4 Å². The maximum absolute atomic E-state index is 11.1. The summed E-state index contributed by atoms with van der Waals surface area (Å²) in [6.07, 6.45) is 15.6. The van der Waals surface area contributed by atoms with Crippen LogP contribution in [0.3, 0.4) is 0 Å². The third-order valence-corrected chi connectivity index (χ3v) is 3.42. The van der Waals surface area contributed by atoms with Crippen LogP contribution >= 0.6 is 12.4 Å². The Kier molecular flexibility index (Phi) is 19.4. The summed E-state index contributed by atoms with van der Waals surface area (Å²) in [4.78, 5) is 21.2. The zero-order chi connectivity index (χ0) is 13.5. The molecule has 0 atom stereocenters. The molecule has 0 aromatic carbocycles. The normalized spacial score (nSPS) is 9.95. The van der Waals surface area contributed by atoms with E-state index in [2.05, 4.69) is 0 Å². The minimum absolute atomic E-state index is 0. The van der Waals surface area contributed by atoms with Crippen molar-refractivity contribution >= 4 is 24.5 Å².